The van der Waals surface area contributed by atoms with Gasteiger partial charge in [-0.1, -0.05) is 48.0 Å². The van der Waals surface area contributed by atoms with E-state index in [9.17, 15) is 9.90 Å². The molecule has 202 valence electrons. The van der Waals surface area contributed by atoms with Crippen molar-refractivity contribution in [2.24, 2.45) is 0 Å². The Balaban J connectivity index is 1.38. The van der Waals surface area contributed by atoms with Crippen LogP contribution in [0, 0.1) is 0 Å². The molecule has 2 N–H and O–H groups in total. The molecular formula is C32H38ClNO4. The average molecular weight is 536 g/mol. The van der Waals surface area contributed by atoms with Gasteiger partial charge in [0, 0.05) is 23.0 Å². The first-order valence-electron chi connectivity index (χ1n) is 13.5. The van der Waals surface area contributed by atoms with E-state index in [-0.39, 0.29) is 24.2 Å². The standard InChI is InChI=1S/C32H38ClNO4/c1-4-37-28-13-8-23(9-14-28)17-26-18-25(12-16-30(26)33)31-20-27(35)19-29(38-31)15-7-22-5-10-24(11-6-22)32(36)34-21(2)3/h5-6,8-14,16,18,21,27,29,31,35H,4,7,15,17,19-20H2,1-3H3,(H,34,36)/t27?,29-,31-/m1/s1. The summed E-state index contributed by atoms with van der Waals surface area (Å²) >= 11 is 6.56. The van der Waals surface area contributed by atoms with Crippen LogP contribution in [0.1, 0.15) is 78.7 Å². The molecule has 4 rings (SSSR count). The molecule has 0 saturated carbocycles. The summed E-state index contributed by atoms with van der Waals surface area (Å²) in [4.78, 5) is 12.2. The van der Waals surface area contributed by atoms with Crippen LogP contribution >= 0.6 is 11.6 Å². The number of ether oxygens (including phenoxy) is 2. The first-order valence-corrected chi connectivity index (χ1v) is 13.9. The van der Waals surface area contributed by atoms with Crippen molar-refractivity contribution in [1.29, 1.82) is 0 Å². The first-order chi connectivity index (χ1) is 18.3. The molecule has 0 radical (unpaired) electrons. The fourth-order valence-corrected chi connectivity index (χ4v) is 5.09. The van der Waals surface area contributed by atoms with Crippen LogP contribution in [0.4, 0.5) is 0 Å². The molecule has 3 atom stereocenters. The number of halogens is 1. The summed E-state index contributed by atoms with van der Waals surface area (Å²) < 4.78 is 12.0. The topological polar surface area (TPSA) is 67.8 Å². The number of aliphatic hydroxyl groups is 1. The number of amides is 1. The Morgan fingerprint density at radius 3 is 2.45 bits per heavy atom. The zero-order valence-electron chi connectivity index (χ0n) is 22.5. The van der Waals surface area contributed by atoms with Crippen molar-refractivity contribution in [1.82, 2.24) is 5.32 Å². The summed E-state index contributed by atoms with van der Waals surface area (Å²) in [6, 6.07) is 22.0. The zero-order valence-corrected chi connectivity index (χ0v) is 23.2. The molecule has 0 aromatic heterocycles. The Labute approximate surface area is 231 Å². The predicted molar refractivity (Wildman–Crippen MR) is 152 cm³/mol. The SMILES string of the molecule is CCOc1ccc(Cc2cc([C@H]3CC(O)C[C@@H](CCc4ccc(C(=O)NC(C)C)cc4)O3)ccc2Cl)cc1. The molecule has 1 saturated heterocycles. The molecule has 3 aromatic rings. The molecule has 1 aliphatic rings. The number of aliphatic hydroxyl groups excluding tert-OH is 1. The van der Waals surface area contributed by atoms with Crippen molar-refractivity contribution in [2.45, 2.75) is 77.2 Å². The molecule has 0 spiro atoms. The summed E-state index contributed by atoms with van der Waals surface area (Å²) in [6.07, 6.45) is 2.89. The summed E-state index contributed by atoms with van der Waals surface area (Å²) in [5.74, 6) is 0.803. The monoisotopic (exact) mass is 535 g/mol. The van der Waals surface area contributed by atoms with Crippen LogP contribution in [0.25, 0.3) is 0 Å². The Hall–Kier alpha value is -2.86. The first kappa shape index (κ1) is 28.2. The van der Waals surface area contributed by atoms with E-state index >= 15 is 0 Å². The van der Waals surface area contributed by atoms with Gasteiger partial charge in [-0.2, -0.15) is 0 Å². The predicted octanol–water partition coefficient (Wildman–Crippen LogP) is 6.68. The van der Waals surface area contributed by atoms with E-state index in [1.54, 1.807) is 0 Å². The molecule has 1 unspecified atom stereocenters. The van der Waals surface area contributed by atoms with Crippen LogP contribution in [0.15, 0.2) is 66.7 Å². The van der Waals surface area contributed by atoms with E-state index in [0.29, 0.717) is 31.4 Å². The van der Waals surface area contributed by atoms with Gasteiger partial charge in [0.05, 0.1) is 24.9 Å². The zero-order chi connectivity index (χ0) is 27.1. The van der Waals surface area contributed by atoms with Gasteiger partial charge in [0.2, 0.25) is 0 Å². The highest BCUT2D eigenvalue weighted by molar-refractivity contribution is 6.31. The summed E-state index contributed by atoms with van der Waals surface area (Å²) in [5, 5.41) is 14.3. The summed E-state index contributed by atoms with van der Waals surface area (Å²) in [6.45, 7) is 6.52. The highest BCUT2D eigenvalue weighted by Crippen LogP contribution is 2.35. The van der Waals surface area contributed by atoms with E-state index in [0.717, 1.165) is 45.9 Å². The molecule has 3 aromatic carbocycles. The maximum absolute atomic E-state index is 12.2. The lowest BCUT2D eigenvalue weighted by molar-refractivity contribution is -0.0998. The van der Waals surface area contributed by atoms with Gasteiger partial charge in [0.1, 0.15) is 5.75 Å². The number of carbonyl (C=O) groups is 1. The Bertz CT molecular complexity index is 1190. The molecule has 1 heterocycles. The number of hydrogen-bond acceptors (Lipinski definition) is 4. The molecule has 1 aliphatic heterocycles. The lowest BCUT2D eigenvalue weighted by atomic mass is 9.92. The van der Waals surface area contributed by atoms with Crippen LogP contribution in [-0.2, 0) is 17.6 Å². The number of carbonyl (C=O) groups excluding carboxylic acids is 1. The molecule has 38 heavy (non-hydrogen) atoms. The van der Waals surface area contributed by atoms with Crippen molar-refractivity contribution in [3.8, 4) is 5.75 Å². The minimum absolute atomic E-state index is 0.0436. The summed E-state index contributed by atoms with van der Waals surface area (Å²) in [5.41, 5.74) is 5.04. The van der Waals surface area contributed by atoms with E-state index in [4.69, 9.17) is 21.1 Å². The third-order valence-electron chi connectivity index (χ3n) is 6.84. The number of benzene rings is 3. The van der Waals surface area contributed by atoms with Crippen LogP contribution in [0.2, 0.25) is 5.02 Å². The van der Waals surface area contributed by atoms with Gasteiger partial charge >= 0.3 is 0 Å². The van der Waals surface area contributed by atoms with E-state index in [1.165, 1.54) is 0 Å². The van der Waals surface area contributed by atoms with Crippen molar-refractivity contribution >= 4 is 17.5 Å². The highest BCUT2D eigenvalue weighted by Gasteiger charge is 2.29. The minimum atomic E-state index is -0.411. The van der Waals surface area contributed by atoms with E-state index in [1.807, 2.05) is 69.3 Å². The van der Waals surface area contributed by atoms with Crippen molar-refractivity contribution in [3.05, 3.63) is 99.6 Å². The Morgan fingerprint density at radius 1 is 1.05 bits per heavy atom. The van der Waals surface area contributed by atoms with Gasteiger partial charge < -0.3 is 19.9 Å². The van der Waals surface area contributed by atoms with E-state index in [2.05, 4.69) is 23.5 Å². The normalized spacial score (nSPS) is 19.4. The number of aryl methyl sites for hydroxylation is 1. The molecule has 5 nitrogen and oxygen atoms in total. The maximum atomic E-state index is 12.2. The third kappa shape index (κ3) is 7.83. The van der Waals surface area contributed by atoms with Crippen molar-refractivity contribution in [2.75, 3.05) is 6.61 Å². The smallest absolute Gasteiger partial charge is 0.251 e. The quantitative estimate of drug-likeness (QED) is 0.304. The fraction of sp³-hybridized carbons (Fsp3) is 0.406. The van der Waals surface area contributed by atoms with Crippen LogP contribution in [-0.4, -0.2) is 35.9 Å². The van der Waals surface area contributed by atoms with Crippen LogP contribution in [0.3, 0.4) is 0 Å². The fourth-order valence-electron chi connectivity index (χ4n) is 4.91. The second-order valence-electron chi connectivity index (χ2n) is 10.3. The molecule has 0 aliphatic carbocycles. The maximum Gasteiger partial charge on any atom is 0.251 e. The van der Waals surface area contributed by atoms with Gasteiger partial charge in [-0.3, -0.25) is 4.79 Å². The van der Waals surface area contributed by atoms with Gasteiger partial charge in [-0.15, -0.1) is 0 Å². The number of nitrogens with one attached hydrogen (secondary N) is 1. The molecule has 6 heteroatoms. The Morgan fingerprint density at radius 2 is 1.76 bits per heavy atom. The highest BCUT2D eigenvalue weighted by atomic mass is 35.5. The lowest BCUT2D eigenvalue weighted by Gasteiger charge is -2.34. The average Bonchev–Trinajstić information content (AvgIpc) is 2.89. The van der Waals surface area contributed by atoms with Gasteiger partial charge in [0.25, 0.3) is 5.91 Å². The van der Waals surface area contributed by atoms with E-state index < -0.39 is 6.10 Å². The van der Waals surface area contributed by atoms with Gasteiger partial charge in [0.15, 0.2) is 0 Å². The third-order valence-corrected chi connectivity index (χ3v) is 7.21. The largest absolute Gasteiger partial charge is 0.494 e. The van der Waals surface area contributed by atoms with Gasteiger partial charge in [-0.25, -0.2) is 0 Å². The van der Waals surface area contributed by atoms with Gasteiger partial charge in [-0.05, 0) is 99.0 Å². The molecule has 0 bridgehead atoms. The van der Waals surface area contributed by atoms with Crippen LogP contribution in [0.5, 0.6) is 5.75 Å². The molecule has 1 amide bonds. The number of rotatable bonds is 10. The van der Waals surface area contributed by atoms with Crippen molar-refractivity contribution in [3.63, 3.8) is 0 Å². The molecule has 1 fully saturated rings. The van der Waals surface area contributed by atoms with Crippen molar-refractivity contribution < 1.29 is 19.4 Å². The minimum Gasteiger partial charge on any atom is -0.494 e. The molecular weight excluding hydrogens is 498 g/mol. The second kappa shape index (κ2) is 13.3. The second-order valence-corrected chi connectivity index (χ2v) is 10.7. The Kier molecular flexibility index (Phi) is 9.84. The summed E-state index contributed by atoms with van der Waals surface area (Å²) in [7, 11) is 0. The lowest BCUT2D eigenvalue weighted by Crippen LogP contribution is -2.31. The van der Waals surface area contributed by atoms with Crippen LogP contribution < -0.4 is 10.1 Å². The number of hydrogen-bond donors (Lipinski definition) is 2.